The standard InChI is InChI=1S/C19H25N5O4/c1-5-12-7-6-8-14(9-12)28-11-13(25)10-24-15-16(20-18(24)22(2)3)23(4)19(27)21-17(15)26/h6-9,13,25H,5,10-11H2,1-4H3,(H,21,26,27)/t13-/m0/s1. The first-order valence-corrected chi connectivity index (χ1v) is 9.08. The van der Waals surface area contributed by atoms with Crippen LogP contribution in [0, 0.1) is 0 Å². The summed E-state index contributed by atoms with van der Waals surface area (Å²) < 4.78 is 8.58. The smallest absolute Gasteiger partial charge is 0.329 e. The fourth-order valence-electron chi connectivity index (χ4n) is 3.05. The van der Waals surface area contributed by atoms with E-state index in [0.717, 1.165) is 12.0 Å². The molecule has 0 amide bonds. The Bertz CT molecular complexity index is 1100. The summed E-state index contributed by atoms with van der Waals surface area (Å²) in [7, 11) is 5.10. The molecule has 150 valence electrons. The highest BCUT2D eigenvalue weighted by Crippen LogP contribution is 2.19. The number of ether oxygens (including phenoxy) is 1. The van der Waals surface area contributed by atoms with Gasteiger partial charge < -0.3 is 19.3 Å². The molecule has 0 saturated heterocycles. The zero-order chi connectivity index (χ0) is 20.4. The van der Waals surface area contributed by atoms with Gasteiger partial charge in [-0.1, -0.05) is 19.1 Å². The molecule has 2 aromatic heterocycles. The topological polar surface area (TPSA) is 105 Å². The molecule has 9 nitrogen and oxygen atoms in total. The highest BCUT2D eigenvalue weighted by atomic mass is 16.5. The molecule has 0 fully saturated rings. The number of hydrogen-bond donors (Lipinski definition) is 2. The lowest BCUT2D eigenvalue weighted by molar-refractivity contribution is 0.0936. The number of aliphatic hydroxyl groups is 1. The van der Waals surface area contributed by atoms with Crippen molar-refractivity contribution in [1.29, 1.82) is 0 Å². The number of H-pyrrole nitrogens is 1. The van der Waals surface area contributed by atoms with Crippen molar-refractivity contribution in [3.8, 4) is 5.75 Å². The summed E-state index contributed by atoms with van der Waals surface area (Å²) in [5.74, 6) is 1.15. The van der Waals surface area contributed by atoms with Gasteiger partial charge in [-0.15, -0.1) is 0 Å². The largest absolute Gasteiger partial charge is 0.491 e. The van der Waals surface area contributed by atoms with E-state index in [1.165, 1.54) is 11.6 Å². The van der Waals surface area contributed by atoms with Crippen LogP contribution >= 0.6 is 0 Å². The van der Waals surface area contributed by atoms with Crippen molar-refractivity contribution in [3.63, 3.8) is 0 Å². The molecule has 28 heavy (non-hydrogen) atoms. The zero-order valence-electron chi connectivity index (χ0n) is 16.5. The van der Waals surface area contributed by atoms with Gasteiger partial charge in [0.05, 0.1) is 6.54 Å². The van der Waals surface area contributed by atoms with Crippen LogP contribution in [0.15, 0.2) is 33.9 Å². The molecule has 0 saturated carbocycles. The SMILES string of the molecule is CCc1cccc(OC[C@@H](O)Cn2c(N(C)C)nc3c2c(=O)[nH]c(=O)n3C)c1. The van der Waals surface area contributed by atoms with Crippen molar-refractivity contribution < 1.29 is 9.84 Å². The third kappa shape index (κ3) is 3.79. The van der Waals surface area contributed by atoms with E-state index in [4.69, 9.17) is 4.74 Å². The molecule has 2 heterocycles. The molecule has 3 aromatic rings. The van der Waals surface area contributed by atoms with E-state index in [2.05, 4.69) is 16.9 Å². The highest BCUT2D eigenvalue weighted by molar-refractivity contribution is 5.74. The third-order valence-electron chi connectivity index (χ3n) is 4.53. The van der Waals surface area contributed by atoms with Crippen LogP contribution in [-0.2, 0) is 20.0 Å². The number of aromatic nitrogens is 4. The summed E-state index contributed by atoms with van der Waals surface area (Å²) in [6.07, 6.45) is 0.0205. The van der Waals surface area contributed by atoms with Crippen LogP contribution in [-0.4, -0.2) is 51.0 Å². The zero-order valence-corrected chi connectivity index (χ0v) is 16.5. The molecule has 3 rings (SSSR count). The number of hydrogen-bond acceptors (Lipinski definition) is 6. The van der Waals surface area contributed by atoms with E-state index < -0.39 is 17.4 Å². The third-order valence-corrected chi connectivity index (χ3v) is 4.53. The molecular formula is C19H25N5O4. The van der Waals surface area contributed by atoms with Crippen molar-refractivity contribution in [2.24, 2.45) is 7.05 Å². The second kappa shape index (κ2) is 7.89. The van der Waals surface area contributed by atoms with E-state index in [-0.39, 0.29) is 24.3 Å². The number of fused-ring (bicyclic) bond motifs is 1. The number of aliphatic hydroxyl groups excluding tert-OH is 1. The average Bonchev–Trinajstić information content (AvgIpc) is 3.05. The molecule has 1 atom stereocenters. The first kappa shape index (κ1) is 19.7. The molecule has 0 spiro atoms. The number of imidazole rings is 1. The van der Waals surface area contributed by atoms with Crippen molar-refractivity contribution in [1.82, 2.24) is 19.1 Å². The minimum Gasteiger partial charge on any atom is -0.491 e. The van der Waals surface area contributed by atoms with Crippen LogP contribution in [0.2, 0.25) is 0 Å². The Kier molecular flexibility index (Phi) is 5.55. The molecule has 0 unspecified atom stereocenters. The lowest BCUT2D eigenvalue weighted by Gasteiger charge is -2.18. The van der Waals surface area contributed by atoms with Crippen LogP contribution in [0.25, 0.3) is 11.2 Å². The summed E-state index contributed by atoms with van der Waals surface area (Å²) in [5.41, 5.74) is 0.573. The number of benzene rings is 1. The van der Waals surface area contributed by atoms with Gasteiger partial charge in [0, 0.05) is 21.1 Å². The van der Waals surface area contributed by atoms with Crippen molar-refractivity contribution in [2.45, 2.75) is 26.0 Å². The van der Waals surface area contributed by atoms with Crippen LogP contribution in [0.4, 0.5) is 5.95 Å². The van der Waals surface area contributed by atoms with Crippen molar-refractivity contribution >= 4 is 17.1 Å². The Balaban J connectivity index is 1.88. The maximum Gasteiger partial charge on any atom is 0.329 e. The molecule has 2 N–H and O–H groups in total. The summed E-state index contributed by atoms with van der Waals surface area (Å²) in [5, 5.41) is 10.5. The summed E-state index contributed by atoms with van der Waals surface area (Å²) in [4.78, 5) is 32.6. The van der Waals surface area contributed by atoms with E-state index in [9.17, 15) is 14.7 Å². The average molecular weight is 387 g/mol. The quantitative estimate of drug-likeness (QED) is 0.611. The first-order chi connectivity index (χ1) is 13.3. The fraction of sp³-hybridized carbons (Fsp3) is 0.421. The predicted octanol–water partition coefficient (Wildman–Crippen LogP) is 0.492. The summed E-state index contributed by atoms with van der Waals surface area (Å²) in [6, 6.07) is 7.70. The molecule has 0 aliphatic heterocycles. The number of aromatic amines is 1. The lowest BCUT2D eigenvalue weighted by atomic mass is 10.2. The Morgan fingerprint density at radius 1 is 1.32 bits per heavy atom. The van der Waals surface area contributed by atoms with E-state index in [1.54, 1.807) is 23.6 Å². The normalized spacial score (nSPS) is 12.3. The Morgan fingerprint density at radius 3 is 2.75 bits per heavy atom. The summed E-state index contributed by atoms with van der Waals surface area (Å²) in [6.45, 7) is 2.22. The molecule has 0 bridgehead atoms. The van der Waals surface area contributed by atoms with Gasteiger partial charge in [-0.25, -0.2) is 4.79 Å². The first-order valence-electron chi connectivity index (χ1n) is 9.08. The second-order valence-electron chi connectivity index (χ2n) is 6.87. The Hall–Kier alpha value is -3.07. The minimum atomic E-state index is -0.877. The van der Waals surface area contributed by atoms with Crippen molar-refractivity contribution in [3.05, 3.63) is 50.7 Å². The number of anilines is 1. The van der Waals surface area contributed by atoms with Gasteiger partial charge >= 0.3 is 5.69 Å². The van der Waals surface area contributed by atoms with Gasteiger partial charge in [0.15, 0.2) is 11.2 Å². The van der Waals surface area contributed by atoms with E-state index in [0.29, 0.717) is 11.7 Å². The Morgan fingerprint density at radius 2 is 2.07 bits per heavy atom. The van der Waals surface area contributed by atoms with Gasteiger partial charge in [-0.05, 0) is 24.1 Å². The molecule has 0 aliphatic rings. The molecule has 1 aromatic carbocycles. The van der Waals surface area contributed by atoms with Gasteiger partial charge in [0.1, 0.15) is 18.5 Å². The van der Waals surface area contributed by atoms with Crippen LogP contribution in [0.3, 0.4) is 0 Å². The maximum atomic E-state index is 12.4. The minimum absolute atomic E-state index is 0.0589. The second-order valence-corrected chi connectivity index (χ2v) is 6.87. The van der Waals surface area contributed by atoms with E-state index in [1.807, 2.05) is 24.3 Å². The predicted molar refractivity (Wildman–Crippen MR) is 107 cm³/mol. The van der Waals surface area contributed by atoms with Crippen molar-refractivity contribution in [2.75, 3.05) is 25.6 Å². The van der Waals surface area contributed by atoms with Crippen LogP contribution in [0.1, 0.15) is 12.5 Å². The lowest BCUT2D eigenvalue weighted by Crippen LogP contribution is -2.31. The molecule has 0 radical (unpaired) electrons. The van der Waals surface area contributed by atoms with E-state index >= 15 is 0 Å². The number of rotatable bonds is 7. The fourth-order valence-corrected chi connectivity index (χ4v) is 3.05. The molecule has 0 aliphatic carbocycles. The molecule has 9 heteroatoms. The number of aryl methyl sites for hydroxylation is 2. The van der Waals surface area contributed by atoms with Gasteiger partial charge in [0.2, 0.25) is 5.95 Å². The monoisotopic (exact) mass is 387 g/mol. The van der Waals surface area contributed by atoms with Gasteiger partial charge in [-0.2, -0.15) is 4.98 Å². The summed E-state index contributed by atoms with van der Waals surface area (Å²) >= 11 is 0. The highest BCUT2D eigenvalue weighted by Gasteiger charge is 2.20. The van der Waals surface area contributed by atoms with Gasteiger partial charge in [0.25, 0.3) is 5.56 Å². The number of nitrogens with one attached hydrogen (secondary N) is 1. The van der Waals surface area contributed by atoms with Gasteiger partial charge in [-0.3, -0.25) is 14.3 Å². The number of nitrogens with zero attached hydrogens (tertiary/aromatic N) is 4. The Labute approximate surface area is 161 Å². The van der Waals surface area contributed by atoms with Crippen LogP contribution in [0.5, 0.6) is 5.75 Å². The van der Waals surface area contributed by atoms with Crippen LogP contribution < -0.4 is 20.9 Å². The molecular weight excluding hydrogens is 362 g/mol. The maximum absolute atomic E-state index is 12.4.